The highest BCUT2D eigenvalue weighted by Gasteiger charge is 2.29. The van der Waals surface area contributed by atoms with Gasteiger partial charge in [-0.05, 0) is 18.9 Å². The second kappa shape index (κ2) is 10.8. The van der Waals surface area contributed by atoms with Gasteiger partial charge >= 0.3 is 12.1 Å². The molecule has 0 saturated carbocycles. The Kier molecular flexibility index (Phi) is 8.73. The van der Waals surface area contributed by atoms with Crippen LogP contribution in [-0.4, -0.2) is 52.3 Å². The average molecular weight is 381 g/mol. The Morgan fingerprint density at radius 1 is 1.15 bits per heavy atom. The van der Waals surface area contributed by atoms with Crippen LogP contribution in [0.4, 0.5) is 4.79 Å². The number of amides is 3. The van der Waals surface area contributed by atoms with E-state index in [1.54, 1.807) is 30.3 Å². The van der Waals surface area contributed by atoms with E-state index < -0.39 is 42.1 Å². The fraction of sp³-hybridized carbons (Fsp3) is 0.412. The summed E-state index contributed by atoms with van der Waals surface area (Å²) in [6.07, 6.45) is -2.86. The summed E-state index contributed by atoms with van der Waals surface area (Å²) in [6, 6.07) is 6.15. The van der Waals surface area contributed by atoms with E-state index in [2.05, 4.69) is 10.6 Å². The van der Waals surface area contributed by atoms with Gasteiger partial charge in [-0.25, -0.2) is 4.79 Å². The van der Waals surface area contributed by atoms with Gasteiger partial charge in [0.15, 0.2) is 0 Å². The molecule has 0 bridgehead atoms. The van der Waals surface area contributed by atoms with Gasteiger partial charge in [-0.15, -0.1) is 0 Å². The molecule has 3 amide bonds. The van der Waals surface area contributed by atoms with Crippen LogP contribution in [0.3, 0.4) is 0 Å². The van der Waals surface area contributed by atoms with E-state index in [1.165, 1.54) is 6.92 Å². The second-order valence-electron chi connectivity index (χ2n) is 5.82. The van der Waals surface area contributed by atoms with E-state index in [1.807, 2.05) is 0 Å². The van der Waals surface area contributed by atoms with Crippen molar-refractivity contribution in [2.75, 3.05) is 0 Å². The van der Waals surface area contributed by atoms with Gasteiger partial charge in [0, 0.05) is 6.42 Å². The second-order valence-corrected chi connectivity index (χ2v) is 5.82. The highest BCUT2D eigenvalue weighted by atomic mass is 16.5. The van der Waals surface area contributed by atoms with Crippen LogP contribution < -0.4 is 16.4 Å². The number of benzene rings is 1. The van der Waals surface area contributed by atoms with Crippen LogP contribution in [0.5, 0.6) is 0 Å². The molecule has 0 aliphatic rings. The molecule has 0 fully saturated rings. The Hall–Kier alpha value is -3.14. The monoisotopic (exact) mass is 381 g/mol. The van der Waals surface area contributed by atoms with Crippen molar-refractivity contribution in [3.63, 3.8) is 0 Å². The summed E-state index contributed by atoms with van der Waals surface area (Å²) in [7, 11) is 0. The fourth-order valence-electron chi connectivity index (χ4n) is 2.11. The molecule has 0 aliphatic heterocycles. The lowest BCUT2D eigenvalue weighted by molar-refractivity contribution is -0.138. The number of carboxylic acid groups (broad SMARTS) is 1. The van der Waals surface area contributed by atoms with Crippen LogP contribution in [0.2, 0.25) is 0 Å². The number of aliphatic hydroxyl groups is 1. The highest BCUT2D eigenvalue weighted by molar-refractivity contribution is 5.91. The van der Waals surface area contributed by atoms with Gasteiger partial charge < -0.3 is 31.3 Å². The van der Waals surface area contributed by atoms with Crippen LogP contribution in [0, 0.1) is 0 Å². The normalized spacial score (nSPS) is 13.7. The van der Waals surface area contributed by atoms with Gasteiger partial charge in [0.25, 0.3) is 0 Å². The summed E-state index contributed by atoms with van der Waals surface area (Å²) in [5.74, 6) is -2.98. The van der Waals surface area contributed by atoms with E-state index in [0.717, 1.165) is 5.56 Å². The first-order valence-electron chi connectivity index (χ1n) is 8.17. The van der Waals surface area contributed by atoms with Gasteiger partial charge in [-0.1, -0.05) is 30.3 Å². The van der Waals surface area contributed by atoms with E-state index in [4.69, 9.17) is 15.6 Å². The third-order valence-corrected chi connectivity index (χ3v) is 3.56. The molecule has 0 saturated heterocycles. The largest absolute Gasteiger partial charge is 0.481 e. The summed E-state index contributed by atoms with van der Waals surface area (Å²) in [5, 5.41) is 22.8. The number of nitrogens with one attached hydrogen (secondary N) is 2. The summed E-state index contributed by atoms with van der Waals surface area (Å²) < 4.78 is 4.98. The Bertz CT molecular complexity index is 664. The van der Waals surface area contributed by atoms with Gasteiger partial charge in [-0.3, -0.25) is 14.4 Å². The van der Waals surface area contributed by atoms with Crippen molar-refractivity contribution in [1.82, 2.24) is 10.6 Å². The van der Waals surface area contributed by atoms with Crippen molar-refractivity contribution in [1.29, 1.82) is 0 Å². The van der Waals surface area contributed by atoms with Crippen LogP contribution in [-0.2, 0) is 25.7 Å². The summed E-state index contributed by atoms with van der Waals surface area (Å²) in [6.45, 7) is 1.22. The number of hydrogen-bond donors (Lipinski definition) is 5. The molecule has 0 spiro atoms. The number of hydrogen-bond acceptors (Lipinski definition) is 6. The minimum atomic E-state index is -1.42. The van der Waals surface area contributed by atoms with Gasteiger partial charge in [0.1, 0.15) is 18.7 Å². The summed E-state index contributed by atoms with van der Waals surface area (Å²) in [5.41, 5.74) is 5.87. The molecule has 27 heavy (non-hydrogen) atoms. The first kappa shape index (κ1) is 21.9. The standard InChI is InChI=1S/C17H23N3O7/c1-10(21)14(16(25)19-12(15(18)24)7-8-13(22)23)20-17(26)27-9-11-5-3-2-4-6-11/h2-6,10,12,14,21H,7-9H2,1H3,(H2,18,24)(H,19,25)(H,20,26)(H,22,23)/t10-,12+,14+/m1/s1. The third kappa shape index (κ3) is 8.19. The summed E-state index contributed by atoms with van der Waals surface area (Å²) >= 11 is 0. The molecule has 10 nitrogen and oxygen atoms in total. The first-order chi connectivity index (χ1) is 12.7. The number of primary amides is 1. The van der Waals surface area contributed by atoms with Crippen molar-refractivity contribution in [2.45, 2.75) is 44.6 Å². The summed E-state index contributed by atoms with van der Waals surface area (Å²) in [4.78, 5) is 46.1. The number of nitrogens with two attached hydrogens (primary N) is 1. The van der Waals surface area contributed by atoms with Crippen LogP contribution >= 0.6 is 0 Å². The van der Waals surface area contributed by atoms with E-state index >= 15 is 0 Å². The van der Waals surface area contributed by atoms with Crippen LogP contribution in [0.15, 0.2) is 30.3 Å². The molecule has 0 aromatic heterocycles. The molecule has 1 aromatic rings. The van der Waals surface area contributed by atoms with Gasteiger partial charge in [0.05, 0.1) is 6.10 Å². The number of carboxylic acids is 1. The number of alkyl carbamates (subject to hydrolysis) is 1. The Balaban J connectivity index is 2.64. The zero-order valence-corrected chi connectivity index (χ0v) is 14.8. The van der Waals surface area contributed by atoms with Crippen LogP contribution in [0.25, 0.3) is 0 Å². The van der Waals surface area contributed by atoms with Gasteiger partial charge in [0.2, 0.25) is 11.8 Å². The van der Waals surface area contributed by atoms with E-state index in [0.29, 0.717) is 0 Å². The molecule has 0 heterocycles. The molecule has 3 atom stereocenters. The molecule has 1 aromatic carbocycles. The van der Waals surface area contributed by atoms with Crippen LogP contribution in [0.1, 0.15) is 25.3 Å². The van der Waals surface area contributed by atoms with Crippen molar-refractivity contribution in [3.8, 4) is 0 Å². The lowest BCUT2D eigenvalue weighted by Crippen LogP contribution is -2.56. The van der Waals surface area contributed by atoms with Crippen molar-refractivity contribution in [2.24, 2.45) is 5.73 Å². The number of carbonyl (C=O) groups excluding carboxylic acids is 3. The maximum Gasteiger partial charge on any atom is 0.408 e. The average Bonchev–Trinajstić information content (AvgIpc) is 2.61. The molecule has 6 N–H and O–H groups in total. The Morgan fingerprint density at radius 2 is 1.78 bits per heavy atom. The number of carbonyl (C=O) groups is 4. The molecule has 148 valence electrons. The smallest absolute Gasteiger partial charge is 0.408 e. The Morgan fingerprint density at radius 3 is 2.30 bits per heavy atom. The third-order valence-electron chi connectivity index (χ3n) is 3.56. The number of ether oxygens (including phenoxy) is 1. The Labute approximate surface area is 155 Å². The lowest BCUT2D eigenvalue weighted by Gasteiger charge is -2.23. The predicted octanol–water partition coefficient (Wildman–Crippen LogP) is -0.503. The van der Waals surface area contributed by atoms with Crippen molar-refractivity contribution >= 4 is 23.9 Å². The zero-order chi connectivity index (χ0) is 20.4. The lowest BCUT2D eigenvalue weighted by atomic mass is 10.1. The predicted molar refractivity (Wildman–Crippen MR) is 93.2 cm³/mol. The minimum Gasteiger partial charge on any atom is -0.481 e. The topological polar surface area (TPSA) is 168 Å². The minimum absolute atomic E-state index is 0.0383. The first-order valence-corrected chi connectivity index (χ1v) is 8.17. The van der Waals surface area contributed by atoms with Crippen molar-refractivity contribution in [3.05, 3.63) is 35.9 Å². The highest BCUT2D eigenvalue weighted by Crippen LogP contribution is 2.03. The number of aliphatic hydroxyl groups excluding tert-OH is 1. The molecule has 0 radical (unpaired) electrons. The molecule has 0 unspecified atom stereocenters. The maximum absolute atomic E-state index is 12.3. The van der Waals surface area contributed by atoms with E-state index in [-0.39, 0.29) is 19.4 Å². The molecular formula is C17H23N3O7. The SMILES string of the molecule is C[C@@H](O)[C@H](NC(=O)OCc1ccccc1)C(=O)N[C@@H](CCC(=O)O)C(N)=O. The maximum atomic E-state index is 12.3. The quantitative estimate of drug-likeness (QED) is 0.364. The van der Waals surface area contributed by atoms with E-state index in [9.17, 15) is 24.3 Å². The fourth-order valence-corrected chi connectivity index (χ4v) is 2.11. The zero-order valence-electron chi connectivity index (χ0n) is 14.8. The molecular weight excluding hydrogens is 358 g/mol. The molecule has 1 rings (SSSR count). The number of rotatable bonds is 10. The van der Waals surface area contributed by atoms with Crippen molar-refractivity contribution < 1.29 is 34.1 Å². The number of aliphatic carboxylic acids is 1. The molecule has 0 aliphatic carbocycles. The van der Waals surface area contributed by atoms with Gasteiger partial charge in [-0.2, -0.15) is 0 Å². The molecule has 10 heteroatoms.